The predicted octanol–water partition coefficient (Wildman–Crippen LogP) is 3.91. The monoisotopic (exact) mass is 218 g/mol. The second-order valence-electron chi connectivity index (χ2n) is 2.34. The minimum atomic E-state index is 0.228. The van der Waals surface area contributed by atoms with Gasteiger partial charge in [0.15, 0.2) is 0 Å². The zero-order valence-electron chi connectivity index (χ0n) is 5.84. The third-order valence-corrected chi connectivity index (χ3v) is 3.63. The number of hydrogen-bond donors (Lipinski definition) is 1. The van der Waals surface area contributed by atoms with Gasteiger partial charge in [-0.2, -0.15) is 0 Å². The molecule has 1 heterocycles. The van der Waals surface area contributed by atoms with Gasteiger partial charge in [0.2, 0.25) is 0 Å². The van der Waals surface area contributed by atoms with Crippen molar-refractivity contribution >= 4 is 44.6 Å². The number of phenols is 1. The van der Waals surface area contributed by atoms with Crippen LogP contribution in [-0.4, -0.2) is 5.11 Å². The molecule has 1 aromatic heterocycles. The summed E-state index contributed by atoms with van der Waals surface area (Å²) in [6.45, 7) is 0. The third-order valence-electron chi connectivity index (χ3n) is 1.59. The van der Waals surface area contributed by atoms with Crippen molar-refractivity contribution in [2.24, 2.45) is 0 Å². The highest BCUT2D eigenvalue weighted by Crippen LogP contribution is 2.42. The summed E-state index contributed by atoms with van der Waals surface area (Å²) in [7, 11) is 0. The number of thiophene rings is 1. The van der Waals surface area contributed by atoms with E-state index in [-0.39, 0.29) is 5.75 Å². The first kappa shape index (κ1) is 8.17. The fourth-order valence-electron chi connectivity index (χ4n) is 1.05. The van der Waals surface area contributed by atoms with Crippen molar-refractivity contribution in [2.45, 2.75) is 0 Å². The Bertz CT molecular complexity index is 436. The Balaban J connectivity index is 2.95. The Kier molecular flexibility index (Phi) is 1.91. The fraction of sp³-hybridized carbons (Fsp3) is 0. The molecule has 0 radical (unpaired) electrons. The largest absolute Gasteiger partial charge is 0.506 e. The minimum absolute atomic E-state index is 0.228. The van der Waals surface area contributed by atoms with Gasteiger partial charge in [0.1, 0.15) is 10.1 Å². The summed E-state index contributed by atoms with van der Waals surface area (Å²) in [5.41, 5.74) is 0. The molecule has 0 spiro atoms. The van der Waals surface area contributed by atoms with Gasteiger partial charge in [-0.1, -0.05) is 35.3 Å². The first-order valence-corrected chi connectivity index (χ1v) is 4.83. The maximum atomic E-state index is 9.40. The molecule has 0 aliphatic rings. The zero-order valence-corrected chi connectivity index (χ0v) is 8.17. The second-order valence-corrected chi connectivity index (χ2v) is 4.34. The lowest BCUT2D eigenvalue weighted by atomic mass is 10.2. The molecule has 2 aromatic rings. The molecule has 0 bridgehead atoms. The summed E-state index contributed by atoms with van der Waals surface area (Å²) >= 11 is 13.0. The number of halogens is 2. The second kappa shape index (κ2) is 2.80. The van der Waals surface area contributed by atoms with Crippen LogP contribution in [0.5, 0.6) is 5.75 Å². The van der Waals surface area contributed by atoms with E-state index in [1.165, 1.54) is 11.3 Å². The molecule has 0 amide bonds. The quantitative estimate of drug-likeness (QED) is 0.711. The summed E-state index contributed by atoms with van der Waals surface area (Å²) < 4.78 is 1.26. The highest BCUT2D eigenvalue weighted by molar-refractivity contribution is 7.23. The van der Waals surface area contributed by atoms with Crippen LogP contribution in [0.2, 0.25) is 9.36 Å². The molecular weight excluding hydrogens is 215 g/mol. The van der Waals surface area contributed by atoms with Gasteiger partial charge >= 0.3 is 0 Å². The number of phenolic OH excluding ortho intramolecular Hbond substituents is 1. The van der Waals surface area contributed by atoms with Crippen LogP contribution >= 0.6 is 34.5 Å². The molecule has 0 aliphatic heterocycles. The molecule has 0 saturated heterocycles. The number of aromatic hydroxyl groups is 1. The van der Waals surface area contributed by atoms with Gasteiger partial charge in [0, 0.05) is 5.39 Å². The number of fused-ring (bicyclic) bond motifs is 1. The fourth-order valence-corrected chi connectivity index (χ4v) is 2.54. The molecule has 0 unspecified atom stereocenters. The SMILES string of the molecule is Oc1cccc2c(Cl)c(Cl)sc12. The Hall–Kier alpha value is -0.440. The van der Waals surface area contributed by atoms with Crippen molar-refractivity contribution in [3.8, 4) is 5.75 Å². The number of rotatable bonds is 0. The molecule has 2 rings (SSSR count). The Morgan fingerprint density at radius 1 is 1.25 bits per heavy atom. The van der Waals surface area contributed by atoms with Crippen LogP contribution in [0.4, 0.5) is 0 Å². The van der Waals surface area contributed by atoms with Crippen LogP contribution in [0.3, 0.4) is 0 Å². The van der Waals surface area contributed by atoms with Gasteiger partial charge in [0.05, 0.1) is 9.72 Å². The first-order valence-electron chi connectivity index (χ1n) is 3.25. The summed E-state index contributed by atoms with van der Waals surface area (Å²) in [6.07, 6.45) is 0. The van der Waals surface area contributed by atoms with Crippen LogP contribution in [0.15, 0.2) is 18.2 Å². The third kappa shape index (κ3) is 1.07. The van der Waals surface area contributed by atoms with Gasteiger partial charge in [-0.15, -0.1) is 11.3 Å². The molecular formula is C8H4Cl2OS. The average molecular weight is 219 g/mol. The van der Waals surface area contributed by atoms with Gasteiger partial charge in [-0.05, 0) is 6.07 Å². The first-order chi connectivity index (χ1) is 5.70. The number of hydrogen-bond acceptors (Lipinski definition) is 2. The van der Waals surface area contributed by atoms with E-state index < -0.39 is 0 Å². The standard InChI is InChI=1S/C8H4Cl2OS/c9-6-4-2-1-3-5(11)7(4)12-8(6)10/h1-3,11H. The van der Waals surface area contributed by atoms with E-state index in [9.17, 15) is 5.11 Å². The molecule has 0 atom stereocenters. The summed E-state index contributed by atoms with van der Waals surface area (Å²) in [4.78, 5) is 0. The summed E-state index contributed by atoms with van der Waals surface area (Å²) in [5, 5.41) is 10.7. The van der Waals surface area contributed by atoms with Crippen molar-refractivity contribution < 1.29 is 5.11 Å². The lowest BCUT2D eigenvalue weighted by Crippen LogP contribution is -1.64. The van der Waals surface area contributed by atoms with E-state index in [4.69, 9.17) is 23.2 Å². The maximum absolute atomic E-state index is 9.40. The Morgan fingerprint density at radius 2 is 2.00 bits per heavy atom. The zero-order chi connectivity index (χ0) is 8.72. The van der Waals surface area contributed by atoms with Crippen molar-refractivity contribution in [3.63, 3.8) is 0 Å². The molecule has 1 nitrogen and oxygen atoms in total. The lowest BCUT2D eigenvalue weighted by Gasteiger charge is -1.91. The van der Waals surface area contributed by atoms with Gasteiger partial charge in [-0.3, -0.25) is 0 Å². The highest BCUT2D eigenvalue weighted by atomic mass is 35.5. The van der Waals surface area contributed by atoms with Crippen LogP contribution in [0, 0.1) is 0 Å². The molecule has 0 saturated carbocycles. The molecule has 0 aliphatic carbocycles. The predicted molar refractivity (Wildman–Crippen MR) is 53.5 cm³/mol. The van der Waals surface area contributed by atoms with E-state index in [1.54, 1.807) is 12.1 Å². The minimum Gasteiger partial charge on any atom is -0.506 e. The van der Waals surface area contributed by atoms with Crippen LogP contribution in [0.1, 0.15) is 0 Å². The normalized spacial score (nSPS) is 10.8. The van der Waals surface area contributed by atoms with Crippen molar-refractivity contribution in [3.05, 3.63) is 27.6 Å². The summed E-state index contributed by atoms with van der Waals surface area (Å²) in [5.74, 6) is 0.228. The maximum Gasteiger partial charge on any atom is 0.133 e. The molecule has 62 valence electrons. The van der Waals surface area contributed by atoms with Crippen LogP contribution in [-0.2, 0) is 0 Å². The van der Waals surface area contributed by atoms with Crippen LogP contribution in [0.25, 0.3) is 10.1 Å². The van der Waals surface area contributed by atoms with Gasteiger partial charge in [0.25, 0.3) is 0 Å². The molecule has 12 heavy (non-hydrogen) atoms. The summed E-state index contributed by atoms with van der Waals surface area (Å²) in [6, 6.07) is 5.19. The van der Waals surface area contributed by atoms with E-state index in [0.29, 0.717) is 9.36 Å². The Labute approximate surface area is 83.2 Å². The van der Waals surface area contributed by atoms with Gasteiger partial charge < -0.3 is 5.11 Å². The van der Waals surface area contributed by atoms with Crippen molar-refractivity contribution in [2.75, 3.05) is 0 Å². The Morgan fingerprint density at radius 3 is 2.67 bits per heavy atom. The van der Waals surface area contributed by atoms with Crippen molar-refractivity contribution in [1.29, 1.82) is 0 Å². The topological polar surface area (TPSA) is 20.2 Å². The van der Waals surface area contributed by atoms with E-state index in [0.717, 1.165) is 10.1 Å². The smallest absolute Gasteiger partial charge is 0.133 e. The van der Waals surface area contributed by atoms with Crippen LogP contribution < -0.4 is 0 Å². The number of benzene rings is 1. The molecule has 1 N–H and O–H groups in total. The lowest BCUT2D eigenvalue weighted by molar-refractivity contribution is 0.482. The van der Waals surface area contributed by atoms with Gasteiger partial charge in [-0.25, -0.2) is 0 Å². The average Bonchev–Trinajstić information content (AvgIpc) is 2.32. The highest BCUT2D eigenvalue weighted by Gasteiger charge is 2.10. The molecule has 4 heteroatoms. The van der Waals surface area contributed by atoms with E-state index in [1.807, 2.05) is 6.07 Å². The van der Waals surface area contributed by atoms with E-state index in [2.05, 4.69) is 0 Å². The molecule has 0 fully saturated rings. The van der Waals surface area contributed by atoms with Crippen molar-refractivity contribution in [1.82, 2.24) is 0 Å². The van der Waals surface area contributed by atoms with E-state index >= 15 is 0 Å². The molecule has 1 aromatic carbocycles.